The molecule has 2 saturated carbocycles. The summed E-state index contributed by atoms with van der Waals surface area (Å²) in [5.74, 6) is -4.29. The first-order valence-corrected chi connectivity index (χ1v) is 17.3. The number of likely N-dealkylation sites (tertiary alicyclic amines) is 1. The molecule has 0 spiro atoms. The van der Waals surface area contributed by atoms with E-state index in [-0.39, 0.29) is 30.0 Å². The van der Waals surface area contributed by atoms with Crippen LogP contribution in [0.25, 0.3) is 0 Å². The molecule has 4 amide bonds. The normalized spacial score (nSPS) is 30.2. The number of anilines is 1. The molecule has 246 valence electrons. The number of ether oxygens (including phenoxy) is 1. The topological polar surface area (TPSA) is 104 Å². The molecule has 2 aliphatic heterocycles. The van der Waals surface area contributed by atoms with Gasteiger partial charge in [0.2, 0.25) is 23.6 Å². The lowest BCUT2D eigenvalue weighted by molar-refractivity contribution is -0.143. The molecule has 8 rings (SSSR count). The fourth-order valence-electron chi connectivity index (χ4n) is 9.78. The number of methoxy groups -OCH3 is 1. The van der Waals surface area contributed by atoms with Crippen LogP contribution >= 0.6 is 11.6 Å². The second-order valence-corrected chi connectivity index (χ2v) is 14.3. The van der Waals surface area contributed by atoms with Crippen LogP contribution in [-0.2, 0) is 24.6 Å². The highest BCUT2D eigenvalue weighted by molar-refractivity contribution is 6.32. The number of imide groups is 2. The second-order valence-electron chi connectivity index (χ2n) is 13.8. The third-order valence-corrected chi connectivity index (χ3v) is 11.9. The van der Waals surface area contributed by atoms with E-state index < -0.39 is 46.8 Å². The van der Waals surface area contributed by atoms with Gasteiger partial charge >= 0.3 is 0 Å². The summed E-state index contributed by atoms with van der Waals surface area (Å²) in [6.45, 7) is 0. The highest BCUT2D eigenvalue weighted by atomic mass is 35.5. The van der Waals surface area contributed by atoms with Gasteiger partial charge in [0.05, 0.1) is 36.0 Å². The number of phenolic OH excluding ortho intramolecular Hbond substituents is 1. The molecule has 3 aliphatic carbocycles. The molecule has 6 atom stereocenters. The van der Waals surface area contributed by atoms with Crippen LogP contribution in [0.5, 0.6) is 11.5 Å². The van der Waals surface area contributed by atoms with E-state index in [1.54, 1.807) is 47.4 Å². The molecule has 3 aromatic rings. The first kappa shape index (κ1) is 30.9. The van der Waals surface area contributed by atoms with Crippen LogP contribution in [0.3, 0.4) is 0 Å². The van der Waals surface area contributed by atoms with Crippen molar-refractivity contribution in [2.45, 2.75) is 62.3 Å². The zero-order chi connectivity index (χ0) is 33.3. The predicted molar refractivity (Wildman–Crippen MR) is 179 cm³/mol. The summed E-state index contributed by atoms with van der Waals surface area (Å²) in [6.07, 6.45) is 7.23. The third kappa shape index (κ3) is 4.27. The van der Waals surface area contributed by atoms with Crippen molar-refractivity contribution in [3.8, 4) is 11.5 Å². The van der Waals surface area contributed by atoms with Crippen molar-refractivity contribution in [3.63, 3.8) is 0 Å². The summed E-state index contributed by atoms with van der Waals surface area (Å²) >= 11 is 6.39. The number of rotatable bonds is 5. The van der Waals surface area contributed by atoms with E-state index in [0.29, 0.717) is 34.0 Å². The summed E-state index contributed by atoms with van der Waals surface area (Å²) in [5.41, 5.74) is 0.675. The van der Waals surface area contributed by atoms with Crippen LogP contribution < -0.4 is 9.64 Å². The minimum absolute atomic E-state index is 0.0730. The molecule has 0 radical (unpaired) electrons. The molecule has 5 aliphatic rings. The molecule has 48 heavy (non-hydrogen) atoms. The Kier molecular flexibility index (Phi) is 7.47. The predicted octanol–water partition coefficient (Wildman–Crippen LogP) is 6.55. The lowest BCUT2D eigenvalue weighted by Gasteiger charge is -2.51. The van der Waals surface area contributed by atoms with Gasteiger partial charge in [0.25, 0.3) is 0 Å². The van der Waals surface area contributed by atoms with Crippen LogP contribution in [0.1, 0.15) is 62.0 Å². The van der Waals surface area contributed by atoms with Crippen LogP contribution in [0.15, 0.2) is 84.4 Å². The molecule has 1 N–H and O–H groups in total. The average Bonchev–Trinajstić information content (AvgIpc) is 3.49. The van der Waals surface area contributed by atoms with Crippen LogP contribution in [0, 0.1) is 23.7 Å². The summed E-state index contributed by atoms with van der Waals surface area (Å²) in [7, 11) is 1.51. The molecule has 0 aromatic heterocycles. The molecule has 3 aromatic carbocycles. The molecular formula is C39H37ClN2O6. The van der Waals surface area contributed by atoms with E-state index in [1.165, 1.54) is 12.0 Å². The number of nitrogens with zero attached hydrogens (tertiary/aromatic N) is 2. The summed E-state index contributed by atoms with van der Waals surface area (Å²) in [4.78, 5) is 61.5. The number of hydrogen-bond donors (Lipinski definition) is 1. The standard InChI is InChI=1S/C39H37ClN2O6/c1-48-31-17-9-16-30(43)33(31)34-26-18-19-27-32(37(46)41(35(27)44)24-13-6-3-7-14-24)28(26)21-29-36(45)42(25-15-8-12-23(40)20-25)38(47)39(29,34)22-10-4-2-5-11-22/h2,4-5,8-12,15-18,20,24,27-29,32,34,43H,3,6-7,13-14,19,21H2,1H3. The van der Waals surface area contributed by atoms with E-state index >= 15 is 4.79 Å². The van der Waals surface area contributed by atoms with Gasteiger partial charge < -0.3 is 9.84 Å². The average molecular weight is 665 g/mol. The third-order valence-electron chi connectivity index (χ3n) is 11.7. The van der Waals surface area contributed by atoms with Crippen LogP contribution in [0.4, 0.5) is 5.69 Å². The van der Waals surface area contributed by atoms with Crippen molar-refractivity contribution in [2.75, 3.05) is 12.0 Å². The molecule has 2 saturated heterocycles. The molecule has 8 nitrogen and oxygen atoms in total. The Morgan fingerprint density at radius 3 is 2.33 bits per heavy atom. The minimum atomic E-state index is -1.49. The maximum atomic E-state index is 15.3. The van der Waals surface area contributed by atoms with Gasteiger partial charge in [0.1, 0.15) is 11.5 Å². The van der Waals surface area contributed by atoms with Gasteiger partial charge in [-0.1, -0.05) is 85.0 Å². The first-order valence-electron chi connectivity index (χ1n) is 16.9. The molecule has 9 heteroatoms. The number of allylic oxidation sites excluding steroid dienone is 2. The number of aromatic hydroxyl groups is 1. The number of amides is 4. The Morgan fingerprint density at radius 1 is 0.854 bits per heavy atom. The smallest absolute Gasteiger partial charge is 0.246 e. The Bertz CT molecular complexity index is 1870. The Balaban J connectivity index is 1.37. The Hall–Kier alpha value is -4.43. The van der Waals surface area contributed by atoms with Gasteiger partial charge in [0.15, 0.2) is 0 Å². The van der Waals surface area contributed by atoms with Crippen molar-refractivity contribution < 1.29 is 29.0 Å². The van der Waals surface area contributed by atoms with Crippen LogP contribution in [0.2, 0.25) is 5.02 Å². The minimum Gasteiger partial charge on any atom is -0.508 e. The number of halogens is 1. The molecule has 0 bridgehead atoms. The zero-order valence-corrected chi connectivity index (χ0v) is 27.4. The molecule has 6 unspecified atom stereocenters. The van der Waals surface area contributed by atoms with Gasteiger partial charge in [-0.15, -0.1) is 0 Å². The fraction of sp³-hybridized carbons (Fsp3) is 0.385. The van der Waals surface area contributed by atoms with Gasteiger partial charge in [0, 0.05) is 22.5 Å². The summed E-state index contributed by atoms with van der Waals surface area (Å²) in [6, 6.07) is 20.8. The number of phenols is 1. The molecule has 2 heterocycles. The summed E-state index contributed by atoms with van der Waals surface area (Å²) in [5, 5.41) is 12.0. The van der Waals surface area contributed by atoms with Gasteiger partial charge in [-0.25, -0.2) is 4.90 Å². The summed E-state index contributed by atoms with van der Waals surface area (Å²) < 4.78 is 5.86. The van der Waals surface area contributed by atoms with E-state index in [1.807, 2.05) is 36.4 Å². The van der Waals surface area contributed by atoms with Gasteiger partial charge in [-0.3, -0.25) is 24.1 Å². The zero-order valence-electron chi connectivity index (χ0n) is 26.7. The van der Waals surface area contributed by atoms with Crippen molar-refractivity contribution >= 4 is 40.9 Å². The van der Waals surface area contributed by atoms with E-state index in [4.69, 9.17) is 16.3 Å². The Morgan fingerprint density at radius 2 is 1.60 bits per heavy atom. The lowest BCUT2D eigenvalue weighted by Crippen LogP contribution is -2.53. The Labute approximate surface area is 284 Å². The molecule has 4 fully saturated rings. The number of hydrogen-bond acceptors (Lipinski definition) is 6. The lowest BCUT2D eigenvalue weighted by atomic mass is 9.49. The highest BCUT2D eigenvalue weighted by Crippen LogP contribution is 2.66. The number of benzene rings is 3. The first-order chi connectivity index (χ1) is 23.3. The van der Waals surface area contributed by atoms with E-state index in [0.717, 1.165) is 37.7 Å². The maximum Gasteiger partial charge on any atom is 0.246 e. The van der Waals surface area contributed by atoms with Crippen molar-refractivity contribution in [1.82, 2.24) is 4.90 Å². The van der Waals surface area contributed by atoms with Gasteiger partial charge in [-0.2, -0.15) is 0 Å². The van der Waals surface area contributed by atoms with E-state index in [9.17, 15) is 19.5 Å². The SMILES string of the molecule is COc1cccc(O)c1C1C2=CCC3C(=O)N(C4CCCCC4)C(=O)C3C2CC2C(=O)N(c3cccc(Cl)c3)C(=O)C21c1ccccc1. The number of fused-ring (bicyclic) bond motifs is 4. The number of carbonyl (C=O) groups is 4. The van der Waals surface area contributed by atoms with Crippen molar-refractivity contribution in [1.29, 1.82) is 0 Å². The fourth-order valence-corrected chi connectivity index (χ4v) is 9.97. The second kappa shape index (κ2) is 11.6. The van der Waals surface area contributed by atoms with Crippen LogP contribution in [-0.4, -0.2) is 46.8 Å². The highest BCUT2D eigenvalue weighted by Gasteiger charge is 2.71. The molecular weight excluding hydrogens is 628 g/mol. The maximum absolute atomic E-state index is 15.3. The van der Waals surface area contributed by atoms with E-state index in [2.05, 4.69) is 0 Å². The van der Waals surface area contributed by atoms with Crippen molar-refractivity contribution in [3.05, 3.63) is 101 Å². The van der Waals surface area contributed by atoms with Crippen molar-refractivity contribution in [2.24, 2.45) is 23.7 Å². The number of carbonyl (C=O) groups excluding carboxylic acids is 4. The monoisotopic (exact) mass is 664 g/mol. The quantitative estimate of drug-likeness (QED) is 0.245. The largest absolute Gasteiger partial charge is 0.508 e. The van der Waals surface area contributed by atoms with Gasteiger partial charge in [-0.05, 0) is 67.5 Å².